The maximum Gasteiger partial charge on any atom is 0.323 e. The molecule has 0 amide bonds. The van der Waals surface area contributed by atoms with Crippen molar-refractivity contribution in [2.75, 3.05) is 13.7 Å². The standard InChI is InChI=1S/C13H15F2NO3/c1-19-13(18)12-5-9(17)7-16(12)6-8-2-3-10(14)11(15)4-8/h2-4,9,12,17H,5-7H2,1H3/t9-,12+/m1/s1. The highest BCUT2D eigenvalue weighted by Gasteiger charge is 2.36. The number of aliphatic hydroxyl groups is 1. The van der Waals surface area contributed by atoms with E-state index in [1.807, 2.05) is 0 Å². The van der Waals surface area contributed by atoms with Crippen LogP contribution in [0.1, 0.15) is 12.0 Å². The molecule has 1 N–H and O–H groups in total. The lowest BCUT2D eigenvalue weighted by atomic mass is 10.1. The topological polar surface area (TPSA) is 49.8 Å². The first-order valence-corrected chi connectivity index (χ1v) is 5.95. The maximum absolute atomic E-state index is 13.1. The first-order chi connectivity index (χ1) is 9.01. The van der Waals surface area contributed by atoms with Crippen molar-refractivity contribution < 1.29 is 23.4 Å². The van der Waals surface area contributed by atoms with E-state index in [1.165, 1.54) is 13.2 Å². The Morgan fingerprint density at radius 2 is 2.21 bits per heavy atom. The van der Waals surface area contributed by atoms with Crippen molar-refractivity contribution in [1.29, 1.82) is 0 Å². The molecule has 0 aliphatic carbocycles. The zero-order valence-corrected chi connectivity index (χ0v) is 10.5. The van der Waals surface area contributed by atoms with Crippen LogP contribution in [-0.4, -0.2) is 41.8 Å². The van der Waals surface area contributed by atoms with Crippen LogP contribution in [0.3, 0.4) is 0 Å². The fraction of sp³-hybridized carbons (Fsp3) is 0.462. The van der Waals surface area contributed by atoms with E-state index in [0.29, 0.717) is 12.1 Å². The Bertz CT molecular complexity index is 481. The minimum atomic E-state index is -0.924. The van der Waals surface area contributed by atoms with Crippen LogP contribution in [0.2, 0.25) is 0 Å². The van der Waals surface area contributed by atoms with Crippen LogP contribution in [0, 0.1) is 11.6 Å². The zero-order chi connectivity index (χ0) is 14.0. The Morgan fingerprint density at radius 3 is 2.84 bits per heavy atom. The summed E-state index contributed by atoms with van der Waals surface area (Å²) in [5.74, 6) is -2.26. The number of ether oxygens (including phenoxy) is 1. The van der Waals surface area contributed by atoms with E-state index in [0.717, 1.165) is 12.1 Å². The summed E-state index contributed by atoms with van der Waals surface area (Å²) in [6.45, 7) is 0.562. The average molecular weight is 271 g/mol. The molecule has 4 nitrogen and oxygen atoms in total. The summed E-state index contributed by atoms with van der Waals surface area (Å²) >= 11 is 0. The van der Waals surface area contributed by atoms with Gasteiger partial charge in [0.05, 0.1) is 13.2 Å². The number of halogens is 2. The second-order valence-corrected chi connectivity index (χ2v) is 4.61. The smallest absolute Gasteiger partial charge is 0.323 e. The summed E-state index contributed by atoms with van der Waals surface area (Å²) in [7, 11) is 1.28. The van der Waals surface area contributed by atoms with Gasteiger partial charge in [0.2, 0.25) is 0 Å². The number of esters is 1. The van der Waals surface area contributed by atoms with Gasteiger partial charge in [-0.3, -0.25) is 9.69 Å². The molecule has 0 aromatic heterocycles. The maximum atomic E-state index is 13.1. The van der Waals surface area contributed by atoms with Gasteiger partial charge in [-0.25, -0.2) is 8.78 Å². The van der Waals surface area contributed by atoms with Crippen LogP contribution in [0.5, 0.6) is 0 Å². The van der Waals surface area contributed by atoms with Crippen molar-refractivity contribution >= 4 is 5.97 Å². The highest BCUT2D eigenvalue weighted by Crippen LogP contribution is 2.22. The van der Waals surface area contributed by atoms with Crippen molar-refractivity contribution in [3.8, 4) is 0 Å². The Kier molecular flexibility index (Phi) is 4.11. The molecule has 104 valence electrons. The van der Waals surface area contributed by atoms with Gasteiger partial charge in [0.1, 0.15) is 6.04 Å². The molecule has 0 unspecified atom stereocenters. The predicted molar refractivity (Wildman–Crippen MR) is 63.2 cm³/mol. The fourth-order valence-electron chi connectivity index (χ4n) is 2.31. The van der Waals surface area contributed by atoms with Gasteiger partial charge in [0.15, 0.2) is 11.6 Å². The molecule has 0 saturated carbocycles. The first kappa shape index (κ1) is 13.9. The molecular formula is C13H15F2NO3. The second kappa shape index (κ2) is 5.63. The lowest BCUT2D eigenvalue weighted by molar-refractivity contribution is -0.146. The molecule has 0 spiro atoms. The predicted octanol–water partition coefficient (Wildman–Crippen LogP) is 1.07. The number of carbonyl (C=O) groups excluding carboxylic acids is 1. The molecule has 1 aromatic carbocycles. The third-order valence-electron chi connectivity index (χ3n) is 3.22. The van der Waals surface area contributed by atoms with Gasteiger partial charge in [0, 0.05) is 19.5 Å². The molecule has 1 heterocycles. The summed E-state index contributed by atoms with van der Waals surface area (Å²) in [4.78, 5) is 13.3. The van der Waals surface area contributed by atoms with Gasteiger partial charge in [0.25, 0.3) is 0 Å². The number of β-amino-alcohol motifs (C(OH)–C–C–N with tert-alkyl or cyclic N) is 1. The monoisotopic (exact) mass is 271 g/mol. The molecular weight excluding hydrogens is 256 g/mol. The molecule has 19 heavy (non-hydrogen) atoms. The molecule has 0 bridgehead atoms. The summed E-state index contributed by atoms with van der Waals surface area (Å²) < 4.78 is 30.6. The first-order valence-electron chi connectivity index (χ1n) is 5.95. The highest BCUT2D eigenvalue weighted by atomic mass is 19.2. The van der Waals surface area contributed by atoms with Gasteiger partial charge in [-0.2, -0.15) is 0 Å². The van der Waals surface area contributed by atoms with E-state index in [-0.39, 0.29) is 13.0 Å². The minimum absolute atomic E-state index is 0.258. The average Bonchev–Trinajstić information content (AvgIpc) is 2.74. The quantitative estimate of drug-likeness (QED) is 0.836. The Morgan fingerprint density at radius 1 is 1.47 bits per heavy atom. The number of methoxy groups -OCH3 is 1. The molecule has 1 fully saturated rings. The molecule has 1 aliphatic heterocycles. The summed E-state index contributed by atoms with van der Waals surface area (Å²) in [5, 5.41) is 9.61. The molecule has 0 radical (unpaired) electrons. The Labute approximate surface area is 109 Å². The van der Waals surface area contributed by atoms with Gasteiger partial charge in [-0.1, -0.05) is 6.07 Å². The summed E-state index contributed by atoms with van der Waals surface area (Å²) in [5.41, 5.74) is 0.543. The number of aliphatic hydroxyl groups excluding tert-OH is 1. The van der Waals surface area contributed by atoms with Gasteiger partial charge in [-0.05, 0) is 17.7 Å². The van der Waals surface area contributed by atoms with Gasteiger partial charge >= 0.3 is 5.97 Å². The van der Waals surface area contributed by atoms with Crippen LogP contribution in [0.4, 0.5) is 8.78 Å². The minimum Gasteiger partial charge on any atom is -0.468 e. The Balaban J connectivity index is 2.12. The van der Waals surface area contributed by atoms with Crippen LogP contribution < -0.4 is 0 Å². The van der Waals surface area contributed by atoms with Gasteiger partial charge in [-0.15, -0.1) is 0 Å². The number of rotatable bonds is 3. The summed E-state index contributed by atoms with van der Waals surface area (Å²) in [6, 6.07) is 3.05. The van der Waals surface area contributed by atoms with Crippen LogP contribution >= 0.6 is 0 Å². The lowest BCUT2D eigenvalue weighted by Crippen LogP contribution is -2.36. The second-order valence-electron chi connectivity index (χ2n) is 4.61. The van der Waals surface area contributed by atoms with Crippen molar-refractivity contribution in [2.24, 2.45) is 0 Å². The number of likely N-dealkylation sites (tertiary alicyclic amines) is 1. The summed E-state index contributed by atoms with van der Waals surface area (Å²) in [6.07, 6.45) is -0.328. The van der Waals surface area contributed by atoms with E-state index in [4.69, 9.17) is 0 Å². The zero-order valence-electron chi connectivity index (χ0n) is 10.5. The third-order valence-corrected chi connectivity index (χ3v) is 3.22. The van der Waals surface area contributed by atoms with Crippen molar-refractivity contribution in [1.82, 2.24) is 4.90 Å². The number of nitrogens with zero attached hydrogens (tertiary/aromatic N) is 1. The van der Waals surface area contributed by atoms with Gasteiger partial charge < -0.3 is 9.84 Å². The lowest BCUT2D eigenvalue weighted by Gasteiger charge is -2.21. The number of benzene rings is 1. The van der Waals surface area contributed by atoms with Crippen LogP contribution in [0.25, 0.3) is 0 Å². The van der Waals surface area contributed by atoms with E-state index < -0.39 is 29.7 Å². The van der Waals surface area contributed by atoms with Crippen LogP contribution in [-0.2, 0) is 16.1 Å². The highest BCUT2D eigenvalue weighted by molar-refractivity contribution is 5.76. The molecule has 1 saturated heterocycles. The largest absolute Gasteiger partial charge is 0.468 e. The van der Waals surface area contributed by atoms with E-state index >= 15 is 0 Å². The van der Waals surface area contributed by atoms with E-state index in [2.05, 4.69) is 4.74 Å². The molecule has 2 atom stereocenters. The van der Waals surface area contributed by atoms with Crippen molar-refractivity contribution in [3.05, 3.63) is 35.4 Å². The van der Waals surface area contributed by atoms with Crippen LogP contribution in [0.15, 0.2) is 18.2 Å². The normalized spacial score (nSPS) is 23.6. The fourth-order valence-corrected chi connectivity index (χ4v) is 2.31. The molecule has 1 aliphatic rings. The Hall–Kier alpha value is -1.53. The van der Waals surface area contributed by atoms with Crippen molar-refractivity contribution in [3.63, 3.8) is 0 Å². The number of carbonyl (C=O) groups is 1. The van der Waals surface area contributed by atoms with E-state index in [9.17, 15) is 18.7 Å². The molecule has 6 heteroatoms. The number of hydrogen-bond acceptors (Lipinski definition) is 4. The van der Waals surface area contributed by atoms with Crippen molar-refractivity contribution in [2.45, 2.75) is 25.1 Å². The molecule has 1 aromatic rings. The SMILES string of the molecule is COC(=O)[C@@H]1C[C@@H](O)CN1Cc1ccc(F)c(F)c1. The number of hydrogen-bond donors (Lipinski definition) is 1. The molecule has 2 rings (SSSR count). The third kappa shape index (κ3) is 3.08. The van der Waals surface area contributed by atoms with E-state index in [1.54, 1.807) is 4.90 Å².